The molecule has 4 aromatic rings. The summed E-state index contributed by atoms with van der Waals surface area (Å²) in [6.45, 7) is 17.0. The van der Waals surface area contributed by atoms with Crippen molar-refractivity contribution in [2.45, 2.75) is 41.0 Å². The van der Waals surface area contributed by atoms with Crippen molar-refractivity contribution in [1.29, 1.82) is 0 Å². The fourth-order valence-corrected chi connectivity index (χ4v) is 4.47. The van der Waals surface area contributed by atoms with Gasteiger partial charge in [0.1, 0.15) is 23.0 Å². The normalized spacial score (nSPS) is 10.8. The van der Waals surface area contributed by atoms with Crippen molar-refractivity contribution in [3.63, 3.8) is 0 Å². The van der Waals surface area contributed by atoms with E-state index in [1.807, 2.05) is 20.8 Å². The zero-order chi connectivity index (χ0) is 30.1. The molecule has 0 atom stereocenters. The number of hydrogen-bond donors (Lipinski definition) is 1. The van der Waals surface area contributed by atoms with E-state index < -0.39 is 22.9 Å². The van der Waals surface area contributed by atoms with Crippen LogP contribution in [0.3, 0.4) is 0 Å². The molecule has 4 rings (SSSR count). The molecule has 2 aromatic carbocycles. The molecule has 0 saturated heterocycles. The van der Waals surface area contributed by atoms with Gasteiger partial charge in [-0.25, -0.2) is 13.8 Å². The maximum atomic E-state index is 14.9. The van der Waals surface area contributed by atoms with E-state index in [9.17, 15) is 18.5 Å². The summed E-state index contributed by atoms with van der Waals surface area (Å²) in [7, 11) is 0. The lowest BCUT2D eigenvalue weighted by Crippen LogP contribution is -2.25. The number of fused-ring (bicyclic) bond motifs is 1. The van der Waals surface area contributed by atoms with Crippen molar-refractivity contribution in [2.75, 3.05) is 31.5 Å². The summed E-state index contributed by atoms with van der Waals surface area (Å²) in [5.41, 5.74) is 1.31. The Kier molecular flexibility index (Phi) is 10.9. The van der Waals surface area contributed by atoms with Gasteiger partial charge in [-0.3, -0.25) is 9.36 Å². The molecule has 0 aliphatic heterocycles. The Morgan fingerprint density at radius 3 is 2.37 bits per heavy atom. The molecule has 41 heavy (non-hydrogen) atoms. The molecule has 0 amide bonds. The minimum absolute atomic E-state index is 0.0416. The Balaban J connectivity index is 0.00000226. The third-order valence-corrected chi connectivity index (χ3v) is 6.68. The lowest BCUT2D eigenvalue weighted by Gasteiger charge is -2.18. The Hall–Kier alpha value is -4.31. The third-order valence-electron chi connectivity index (χ3n) is 6.68. The van der Waals surface area contributed by atoms with Crippen molar-refractivity contribution >= 4 is 22.7 Å². The molecule has 0 unspecified atom stereocenters. The van der Waals surface area contributed by atoms with E-state index in [0.717, 1.165) is 48.3 Å². The number of nitrogens with one attached hydrogen (secondary N) is 1. The molecule has 0 saturated carbocycles. The molecule has 0 spiro atoms. The minimum atomic E-state index is -0.898. The van der Waals surface area contributed by atoms with E-state index in [1.54, 1.807) is 18.2 Å². The average Bonchev–Trinajstić information content (AvgIpc) is 2.98. The predicted molar refractivity (Wildman–Crippen MR) is 162 cm³/mol. The van der Waals surface area contributed by atoms with E-state index in [-0.39, 0.29) is 17.3 Å². The highest BCUT2D eigenvalue weighted by molar-refractivity contribution is 5.93. The summed E-state index contributed by atoms with van der Waals surface area (Å²) in [5.74, 6) is -1.60. The number of aromatic nitrogens is 3. The van der Waals surface area contributed by atoms with Gasteiger partial charge in [0.15, 0.2) is 5.65 Å². The second-order valence-electron chi connectivity index (χ2n) is 9.09. The molecule has 8 nitrogen and oxygen atoms in total. The lowest BCUT2D eigenvalue weighted by atomic mass is 9.99. The Morgan fingerprint density at radius 1 is 1.05 bits per heavy atom. The number of pyridine rings is 1. The topological polar surface area (TPSA) is 92.5 Å². The van der Waals surface area contributed by atoms with E-state index >= 15 is 0 Å². The van der Waals surface area contributed by atoms with E-state index in [0.29, 0.717) is 28.8 Å². The fraction of sp³-hybridized carbons (Fsp3) is 0.323. The number of nitrogens with zero attached hydrogens (tertiary/aromatic N) is 5. The zero-order valence-electron chi connectivity index (χ0n) is 24.2. The van der Waals surface area contributed by atoms with Crippen molar-refractivity contribution in [2.24, 2.45) is 5.18 Å². The maximum Gasteiger partial charge on any atom is 0.256 e. The van der Waals surface area contributed by atoms with Crippen LogP contribution >= 0.6 is 0 Å². The van der Waals surface area contributed by atoms with E-state index in [4.69, 9.17) is 4.98 Å². The number of rotatable bonds is 11. The summed E-state index contributed by atoms with van der Waals surface area (Å²) in [6, 6.07) is 11.4. The average molecular weight is 563 g/mol. The van der Waals surface area contributed by atoms with E-state index in [1.165, 1.54) is 18.2 Å². The zero-order valence-corrected chi connectivity index (χ0v) is 24.2. The molecule has 0 aliphatic carbocycles. The van der Waals surface area contributed by atoms with Gasteiger partial charge in [0.2, 0.25) is 5.95 Å². The number of benzene rings is 2. The number of aryl methyl sites for hydroxylation is 1. The molecule has 216 valence electrons. The first-order chi connectivity index (χ1) is 19.8. The van der Waals surface area contributed by atoms with Gasteiger partial charge in [-0.05, 0) is 68.0 Å². The Labute approximate surface area is 238 Å². The number of para-hydroxylation sites is 1. The van der Waals surface area contributed by atoms with Gasteiger partial charge in [0, 0.05) is 29.1 Å². The van der Waals surface area contributed by atoms with Crippen molar-refractivity contribution < 1.29 is 8.78 Å². The molecule has 0 fully saturated rings. The molecule has 2 aromatic heterocycles. The number of anilines is 1. The second-order valence-corrected chi connectivity index (χ2v) is 9.09. The maximum absolute atomic E-state index is 14.9. The van der Waals surface area contributed by atoms with Crippen molar-refractivity contribution in [1.82, 2.24) is 19.4 Å². The SMILES string of the molecule is C=C(N=O)c1ccc(C)c(-c2nc(NCCCN(CC)CC)nc3c2ccc(=O)n3-c2c(F)cccc2F)c1.CC. The highest BCUT2D eigenvalue weighted by Gasteiger charge is 2.20. The van der Waals surface area contributed by atoms with Crippen molar-refractivity contribution in [3.05, 3.63) is 93.1 Å². The van der Waals surface area contributed by atoms with Crippen LogP contribution in [-0.2, 0) is 0 Å². The highest BCUT2D eigenvalue weighted by Crippen LogP contribution is 2.32. The molecular weight excluding hydrogens is 526 g/mol. The van der Waals surface area contributed by atoms with Crippen LogP contribution in [0.1, 0.15) is 45.2 Å². The lowest BCUT2D eigenvalue weighted by molar-refractivity contribution is 0.303. The molecule has 0 aliphatic rings. The predicted octanol–water partition coefficient (Wildman–Crippen LogP) is 6.94. The van der Waals surface area contributed by atoms with Gasteiger partial charge in [-0.2, -0.15) is 4.98 Å². The number of nitroso groups, excluding NO2 is 1. The van der Waals surface area contributed by atoms with Crippen LogP contribution in [-0.4, -0.2) is 45.6 Å². The molecule has 1 N–H and O–H groups in total. The van der Waals surface area contributed by atoms with Gasteiger partial charge < -0.3 is 10.2 Å². The van der Waals surface area contributed by atoms with Crippen LogP contribution in [0.15, 0.2) is 65.1 Å². The van der Waals surface area contributed by atoms with Gasteiger partial charge >= 0.3 is 0 Å². The molecule has 0 bridgehead atoms. The Morgan fingerprint density at radius 2 is 1.73 bits per heavy atom. The summed E-state index contributed by atoms with van der Waals surface area (Å²) in [6.07, 6.45) is 0.807. The molecule has 2 heterocycles. The van der Waals surface area contributed by atoms with Crippen LogP contribution < -0.4 is 10.9 Å². The first-order valence-electron chi connectivity index (χ1n) is 13.8. The molecule has 0 radical (unpaired) electrons. The summed E-state index contributed by atoms with van der Waals surface area (Å²) in [4.78, 5) is 35.8. The molecule has 10 heteroatoms. The van der Waals surface area contributed by atoms with E-state index in [2.05, 4.69) is 40.8 Å². The van der Waals surface area contributed by atoms with Crippen LogP contribution in [0, 0.1) is 23.5 Å². The number of hydrogen-bond acceptors (Lipinski definition) is 7. The quantitative estimate of drug-likeness (QED) is 0.157. The van der Waals surface area contributed by atoms with Gasteiger partial charge in [0.25, 0.3) is 5.56 Å². The Bertz CT molecular complexity index is 1580. The largest absolute Gasteiger partial charge is 0.354 e. The summed E-state index contributed by atoms with van der Waals surface area (Å²) < 4.78 is 30.7. The van der Waals surface area contributed by atoms with Gasteiger partial charge in [-0.1, -0.05) is 52.5 Å². The van der Waals surface area contributed by atoms with Crippen LogP contribution in [0.25, 0.3) is 33.7 Å². The van der Waals surface area contributed by atoms with Crippen LogP contribution in [0.2, 0.25) is 0 Å². The molecular formula is C31H36F2N6O2. The minimum Gasteiger partial charge on any atom is -0.354 e. The van der Waals surface area contributed by atoms with Gasteiger partial charge in [0.05, 0.1) is 5.69 Å². The smallest absolute Gasteiger partial charge is 0.256 e. The first-order valence-corrected chi connectivity index (χ1v) is 13.8. The first kappa shape index (κ1) is 31.2. The summed E-state index contributed by atoms with van der Waals surface area (Å²) >= 11 is 0. The van der Waals surface area contributed by atoms with Crippen LogP contribution in [0.4, 0.5) is 14.7 Å². The van der Waals surface area contributed by atoms with Crippen molar-refractivity contribution in [3.8, 4) is 16.9 Å². The number of halogens is 2. The monoisotopic (exact) mass is 562 g/mol. The highest BCUT2D eigenvalue weighted by atomic mass is 19.1. The second kappa shape index (κ2) is 14.4. The standard InChI is InChI=1S/C29H30F2N6O2.C2H6/c1-5-36(6-2)16-8-15-32-29-33-26(22-17-20(19(4)35-39)12-11-18(22)3)21-13-14-25(38)37(28(21)34-29)27-23(30)9-7-10-24(27)31;1-2/h7,9-14,17H,4-6,8,15-16H2,1-3H3,(H,32,33,34);1-2H3. The third kappa shape index (κ3) is 6.89. The van der Waals surface area contributed by atoms with Crippen LogP contribution in [0.5, 0.6) is 0 Å². The fourth-order valence-electron chi connectivity index (χ4n) is 4.47. The van der Waals surface area contributed by atoms with Gasteiger partial charge in [-0.15, -0.1) is 4.91 Å². The summed E-state index contributed by atoms with van der Waals surface area (Å²) in [5, 5.41) is 6.55.